The van der Waals surface area contributed by atoms with Gasteiger partial charge in [0.05, 0.1) is 18.3 Å². The Balaban J connectivity index is 1.33. The van der Waals surface area contributed by atoms with E-state index in [1.54, 1.807) is 4.90 Å². The van der Waals surface area contributed by atoms with Crippen molar-refractivity contribution in [3.8, 4) is 0 Å². The number of fused-ring (bicyclic) bond motifs is 2. The van der Waals surface area contributed by atoms with Gasteiger partial charge in [0.1, 0.15) is 18.8 Å². The van der Waals surface area contributed by atoms with Crippen molar-refractivity contribution < 1.29 is 23.9 Å². The summed E-state index contributed by atoms with van der Waals surface area (Å²) in [6.07, 6.45) is 0.163. The molecule has 2 aliphatic heterocycles. The van der Waals surface area contributed by atoms with E-state index < -0.39 is 24.0 Å². The zero-order valence-corrected chi connectivity index (χ0v) is 22.4. The van der Waals surface area contributed by atoms with Crippen molar-refractivity contribution in [1.82, 2.24) is 9.88 Å². The van der Waals surface area contributed by atoms with Crippen molar-refractivity contribution in [2.24, 2.45) is 17.8 Å². The van der Waals surface area contributed by atoms with E-state index in [0.29, 0.717) is 18.7 Å². The van der Waals surface area contributed by atoms with Gasteiger partial charge in [-0.15, -0.1) is 0 Å². The van der Waals surface area contributed by atoms with Gasteiger partial charge in [0.25, 0.3) is 0 Å². The highest BCUT2D eigenvalue weighted by molar-refractivity contribution is 6.02. The van der Waals surface area contributed by atoms with Crippen LogP contribution in [0.5, 0.6) is 0 Å². The smallest absolute Gasteiger partial charge is 0.319 e. The molecule has 5 atom stereocenters. The van der Waals surface area contributed by atoms with Crippen LogP contribution in [-0.4, -0.2) is 40.4 Å². The number of H-pyrrole nitrogens is 1. The first-order valence-electron chi connectivity index (χ1n) is 13.9. The summed E-state index contributed by atoms with van der Waals surface area (Å²) in [4.78, 5) is 46.5. The van der Waals surface area contributed by atoms with E-state index in [2.05, 4.69) is 4.98 Å². The van der Waals surface area contributed by atoms with Crippen LogP contribution < -0.4 is 0 Å². The number of ether oxygens (including phenoxy) is 2. The maximum absolute atomic E-state index is 14.2. The third kappa shape index (κ3) is 4.82. The molecule has 2 fully saturated rings. The van der Waals surface area contributed by atoms with Gasteiger partial charge >= 0.3 is 5.97 Å². The fourth-order valence-electron chi connectivity index (χ4n) is 6.29. The lowest BCUT2D eigenvalue weighted by atomic mass is 9.71. The number of nitrogens with one attached hydrogen (secondary N) is 1. The highest BCUT2D eigenvalue weighted by atomic mass is 16.5. The highest BCUT2D eigenvalue weighted by Crippen LogP contribution is 2.46. The van der Waals surface area contributed by atoms with Crippen LogP contribution in [0, 0.1) is 17.8 Å². The van der Waals surface area contributed by atoms with Crippen molar-refractivity contribution >= 4 is 28.6 Å². The Hall–Kier alpha value is -4.23. The van der Waals surface area contributed by atoms with E-state index in [4.69, 9.17) is 9.47 Å². The van der Waals surface area contributed by atoms with Gasteiger partial charge in [0.2, 0.25) is 5.91 Å². The minimum Gasteiger partial charge on any atom is -0.460 e. The van der Waals surface area contributed by atoms with Crippen LogP contribution in [0.4, 0.5) is 0 Å². The number of ketones is 1. The van der Waals surface area contributed by atoms with Crippen LogP contribution in [0.1, 0.15) is 47.4 Å². The number of piperidine rings is 1. The van der Waals surface area contributed by atoms with Crippen molar-refractivity contribution in [3.63, 3.8) is 0 Å². The average Bonchev–Trinajstić information content (AvgIpc) is 3.63. The van der Waals surface area contributed by atoms with Crippen LogP contribution in [-0.2, 0) is 25.7 Å². The van der Waals surface area contributed by atoms with Crippen molar-refractivity contribution in [2.75, 3.05) is 6.61 Å². The van der Waals surface area contributed by atoms with Gasteiger partial charge in [0.15, 0.2) is 5.78 Å². The molecular formula is C33H32N2O5. The molecule has 1 amide bonds. The lowest BCUT2D eigenvalue weighted by molar-refractivity contribution is -0.176. The number of Topliss-reactive ketones (excluding diaryl/α,β-unsaturated/α-hetero) is 1. The number of amides is 1. The Labute approximate surface area is 233 Å². The summed E-state index contributed by atoms with van der Waals surface area (Å²) in [6.45, 7) is 2.42. The first kappa shape index (κ1) is 26.0. The Morgan fingerprint density at radius 3 is 2.38 bits per heavy atom. The molecule has 0 aliphatic carbocycles. The molecule has 0 saturated carbocycles. The Kier molecular flexibility index (Phi) is 7.22. The summed E-state index contributed by atoms with van der Waals surface area (Å²) >= 11 is 0. The van der Waals surface area contributed by atoms with E-state index >= 15 is 0 Å². The van der Waals surface area contributed by atoms with Gasteiger partial charge in [-0.1, -0.05) is 85.8 Å². The van der Waals surface area contributed by atoms with Crippen LogP contribution >= 0.6 is 0 Å². The average molecular weight is 537 g/mol. The highest BCUT2D eigenvalue weighted by Gasteiger charge is 2.56. The number of esters is 1. The molecule has 0 radical (unpaired) electrons. The normalized spacial score (nSPS) is 24.2. The number of nitrogens with zero attached hydrogens (tertiary/aromatic N) is 1. The summed E-state index contributed by atoms with van der Waals surface area (Å²) in [7, 11) is 0. The molecule has 7 nitrogen and oxygen atoms in total. The quantitative estimate of drug-likeness (QED) is 0.178. The zero-order chi connectivity index (χ0) is 27.6. The molecule has 204 valence electrons. The van der Waals surface area contributed by atoms with Crippen LogP contribution in [0.3, 0.4) is 0 Å². The fraction of sp³-hybridized carbons (Fsp3) is 0.303. The van der Waals surface area contributed by atoms with E-state index in [-0.39, 0.29) is 36.7 Å². The maximum atomic E-state index is 14.2. The SMILES string of the molecule is CC[C@H]1[C@H](CC(=O)c2cc3ccccc3[nH]2)[C@@H](C(=O)OCc2ccccc2)C(=O)N2[C@H](c3ccccc3)CO[C@@H]12. The summed E-state index contributed by atoms with van der Waals surface area (Å²) in [5.74, 6) is -2.96. The number of para-hydroxylation sites is 1. The molecule has 4 aromatic rings. The second kappa shape index (κ2) is 11.1. The lowest BCUT2D eigenvalue weighted by Crippen LogP contribution is -2.57. The number of hydrogen-bond acceptors (Lipinski definition) is 5. The summed E-state index contributed by atoms with van der Waals surface area (Å²) < 4.78 is 12.0. The molecule has 1 N–H and O–H groups in total. The Bertz CT molecular complexity index is 1480. The Morgan fingerprint density at radius 1 is 0.950 bits per heavy atom. The molecule has 2 saturated heterocycles. The van der Waals surface area contributed by atoms with Crippen molar-refractivity contribution in [2.45, 2.75) is 38.6 Å². The minimum absolute atomic E-state index is 0.0336. The van der Waals surface area contributed by atoms with Gasteiger partial charge in [-0.25, -0.2) is 0 Å². The van der Waals surface area contributed by atoms with Crippen molar-refractivity contribution in [3.05, 3.63) is 108 Å². The molecule has 40 heavy (non-hydrogen) atoms. The van der Waals surface area contributed by atoms with Crippen molar-refractivity contribution in [1.29, 1.82) is 0 Å². The van der Waals surface area contributed by atoms with Crippen LogP contribution in [0.15, 0.2) is 91.0 Å². The number of benzene rings is 3. The van der Waals surface area contributed by atoms with Crippen LogP contribution in [0.25, 0.3) is 10.9 Å². The number of carbonyl (C=O) groups excluding carboxylic acids is 3. The standard InChI is InChI=1S/C33H32N2O5/c1-2-24-25(18-29(36)27-17-23-15-9-10-16-26(23)34-27)30(33(38)40-19-21-11-5-3-6-12-21)31(37)35-28(20-39-32(24)35)22-13-7-4-8-14-22/h3-17,24-25,28,30,32,34H,2,18-20H2,1H3/t24-,25-,28-,30+,32-/m0/s1. The second-order valence-corrected chi connectivity index (χ2v) is 10.6. The number of aromatic amines is 1. The first-order valence-corrected chi connectivity index (χ1v) is 13.9. The summed E-state index contributed by atoms with van der Waals surface area (Å²) in [6, 6.07) is 28.3. The molecule has 1 aromatic heterocycles. The topological polar surface area (TPSA) is 88.7 Å². The minimum atomic E-state index is -1.11. The first-order chi connectivity index (χ1) is 19.5. The maximum Gasteiger partial charge on any atom is 0.319 e. The van der Waals surface area contributed by atoms with Crippen LogP contribution in [0.2, 0.25) is 0 Å². The molecule has 7 heteroatoms. The van der Waals surface area contributed by atoms with Gasteiger partial charge in [-0.2, -0.15) is 0 Å². The van der Waals surface area contributed by atoms with E-state index in [1.165, 1.54) is 0 Å². The molecular weight excluding hydrogens is 504 g/mol. The fourth-order valence-corrected chi connectivity index (χ4v) is 6.29. The van der Waals surface area contributed by atoms with E-state index in [9.17, 15) is 14.4 Å². The molecule has 2 aliphatic rings. The predicted octanol–water partition coefficient (Wildman–Crippen LogP) is 5.68. The molecule has 3 heterocycles. The zero-order valence-electron chi connectivity index (χ0n) is 22.4. The van der Waals surface area contributed by atoms with E-state index in [1.807, 2.05) is 97.9 Å². The Morgan fingerprint density at radius 2 is 1.65 bits per heavy atom. The second-order valence-electron chi connectivity index (χ2n) is 10.6. The number of carbonyl (C=O) groups is 3. The molecule has 0 unspecified atom stereocenters. The van der Waals surface area contributed by atoms with E-state index in [0.717, 1.165) is 22.0 Å². The summed E-state index contributed by atoms with van der Waals surface area (Å²) in [5.41, 5.74) is 3.13. The lowest BCUT2D eigenvalue weighted by Gasteiger charge is -2.45. The molecule has 0 spiro atoms. The molecule has 3 aromatic carbocycles. The molecule has 6 rings (SSSR count). The van der Waals surface area contributed by atoms with Gasteiger partial charge in [-0.3, -0.25) is 14.4 Å². The third-order valence-corrected chi connectivity index (χ3v) is 8.28. The van der Waals surface area contributed by atoms with Gasteiger partial charge < -0.3 is 19.4 Å². The largest absolute Gasteiger partial charge is 0.460 e. The van der Waals surface area contributed by atoms with Gasteiger partial charge in [-0.05, 0) is 35.6 Å². The number of hydrogen-bond donors (Lipinski definition) is 1. The predicted molar refractivity (Wildman–Crippen MR) is 150 cm³/mol. The van der Waals surface area contributed by atoms with Gasteiger partial charge in [0, 0.05) is 23.2 Å². The third-order valence-electron chi connectivity index (χ3n) is 8.28. The summed E-state index contributed by atoms with van der Waals surface area (Å²) in [5, 5.41) is 0.937. The molecule has 0 bridgehead atoms. The number of rotatable bonds is 8. The monoisotopic (exact) mass is 536 g/mol. The number of aromatic nitrogens is 1.